The average molecular weight is 926 g/mol. The predicted octanol–water partition coefficient (Wildman–Crippen LogP) is 19.3. The van der Waals surface area contributed by atoms with E-state index in [0.717, 1.165) is 17.1 Å². The van der Waals surface area contributed by atoms with Crippen LogP contribution in [-0.4, -0.2) is 0 Å². The van der Waals surface area contributed by atoms with E-state index in [1.807, 2.05) is 11.3 Å². The fourth-order valence-corrected chi connectivity index (χ4v) is 12.8. The largest absolute Gasteiger partial charge is 0.310 e. The van der Waals surface area contributed by atoms with Gasteiger partial charge in [0, 0.05) is 37.1 Å². The molecule has 1 heterocycles. The Balaban J connectivity index is 1.04. The number of thiophene rings is 1. The molecule has 0 atom stereocenters. The van der Waals surface area contributed by atoms with E-state index in [0.29, 0.717) is 0 Å². The van der Waals surface area contributed by atoms with Crippen molar-refractivity contribution in [3.05, 3.63) is 283 Å². The minimum Gasteiger partial charge on any atom is -0.310 e. The zero-order chi connectivity index (χ0) is 47.7. The Morgan fingerprint density at radius 3 is 1.70 bits per heavy atom. The van der Waals surface area contributed by atoms with Crippen molar-refractivity contribution < 1.29 is 0 Å². The van der Waals surface area contributed by atoms with Crippen molar-refractivity contribution in [1.82, 2.24) is 0 Å². The lowest BCUT2D eigenvalue weighted by Crippen LogP contribution is -2.28. The summed E-state index contributed by atoms with van der Waals surface area (Å²) in [6.45, 7) is 6.82. The summed E-state index contributed by atoms with van der Waals surface area (Å²) in [5.74, 6) is 0. The molecule has 0 saturated heterocycles. The van der Waals surface area contributed by atoms with Gasteiger partial charge in [0.1, 0.15) is 0 Å². The van der Waals surface area contributed by atoms with E-state index in [9.17, 15) is 0 Å². The fraction of sp³-hybridized carbons (Fsp3) is 0.0725. The van der Waals surface area contributed by atoms with Crippen molar-refractivity contribution in [1.29, 1.82) is 0 Å². The minimum absolute atomic E-state index is 0.0874. The molecule has 12 aromatic rings. The Bertz CT molecular complexity index is 3910. The van der Waals surface area contributed by atoms with E-state index in [2.05, 4.69) is 280 Å². The molecule has 1 aliphatic rings. The summed E-state index contributed by atoms with van der Waals surface area (Å²) in [6, 6.07) is 95.1. The summed E-state index contributed by atoms with van der Waals surface area (Å²) in [7, 11) is 0. The molecule has 0 amide bonds. The van der Waals surface area contributed by atoms with Crippen LogP contribution in [-0.2, 0) is 10.8 Å². The standard InChI is InChI=1S/C69H51NS/c1-68(2,3)51-37-32-46(33-38-51)47-34-39-54(40-35-47)70(55-41-42-63-61(45-55)58-26-12-14-30-62(58)69(63,52-21-6-4-7-22-52)53-23-8-5-9-24-53)64-43-36-48-18-10-11-25-56(48)66(64)50-20-16-19-49(44-50)57-28-17-29-60-59-27-13-15-31-65(59)71-67(57)60/h4-45H,1-3H3. The van der Waals surface area contributed by atoms with Gasteiger partial charge in [-0.25, -0.2) is 0 Å². The topological polar surface area (TPSA) is 3.24 Å². The lowest BCUT2D eigenvalue weighted by atomic mass is 9.68. The predicted molar refractivity (Wildman–Crippen MR) is 304 cm³/mol. The van der Waals surface area contributed by atoms with Crippen LogP contribution in [0.25, 0.3) is 75.5 Å². The second-order valence-electron chi connectivity index (χ2n) is 20.0. The lowest BCUT2D eigenvalue weighted by molar-refractivity contribution is 0.590. The monoisotopic (exact) mass is 925 g/mol. The third kappa shape index (κ3) is 7.04. The second-order valence-corrected chi connectivity index (χ2v) is 21.1. The molecule has 11 aromatic carbocycles. The van der Waals surface area contributed by atoms with Crippen LogP contribution in [0, 0.1) is 0 Å². The SMILES string of the molecule is CC(C)(C)c1ccc(-c2ccc(N(c3ccc4c(c3)-c3ccccc3C4(c3ccccc3)c3ccccc3)c3ccc4ccccc4c3-c3cccc(-c4cccc5c4sc4ccccc45)c3)cc2)cc1. The highest BCUT2D eigenvalue weighted by molar-refractivity contribution is 7.26. The number of hydrogen-bond donors (Lipinski definition) is 0. The number of fused-ring (bicyclic) bond motifs is 7. The van der Waals surface area contributed by atoms with Crippen molar-refractivity contribution in [3.63, 3.8) is 0 Å². The molecule has 71 heavy (non-hydrogen) atoms. The van der Waals surface area contributed by atoms with E-state index < -0.39 is 5.41 Å². The maximum atomic E-state index is 2.50. The third-order valence-electron chi connectivity index (χ3n) is 14.9. The highest BCUT2D eigenvalue weighted by Crippen LogP contribution is 2.58. The van der Waals surface area contributed by atoms with Crippen molar-refractivity contribution >= 4 is 59.3 Å². The molecule has 13 rings (SSSR count). The molecule has 0 radical (unpaired) electrons. The molecule has 0 spiro atoms. The molecule has 1 aliphatic carbocycles. The van der Waals surface area contributed by atoms with Crippen molar-refractivity contribution in [2.45, 2.75) is 31.6 Å². The molecule has 2 heteroatoms. The van der Waals surface area contributed by atoms with E-state index in [1.165, 1.54) is 103 Å². The minimum atomic E-state index is -0.492. The van der Waals surface area contributed by atoms with Crippen LogP contribution in [0.4, 0.5) is 17.1 Å². The zero-order valence-corrected chi connectivity index (χ0v) is 40.9. The normalized spacial score (nSPS) is 12.8. The number of hydrogen-bond acceptors (Lipinski definition) is 2. The summed E-state index contributed by atoms with van der Waals surface area (Å²) < 4.78 is 2.63. The van der Waals surface area contributed by atoms with Crippen LogP contribution in [0.3, 0.4) is 0 Å². The number of benzene rings is 11. The average Bonchev–Trinajstić information content (AvgIpc) is 3.95. The van der Waals surface area contributed by atoms with Gasteiger partial charge in [-0.1, -0.05) is 233 Å². The van der Waals surface area contributed by atoms with Crippen LogP contribution in [0.1, 0.15) is 48.6 Å². The number of anilines is 3. The van der Waals surface area contributed by atoms with Crippen LogP contribution in [0.5, 0.6) is 0 Å². The van der Waals surface area contributed by atoms with Gasteiger partial charge in [-0.05, 0) is 125 Å². The Kier molecular flexibility index (Phi) is 10.2. The van der Waals surface area contributed by atoms with E-state index >= 15 is 0 Å². The van der Waals surface area contributed by atoms with Gasteiger partial charge < -0.3 is 4.90 Å². The summed E-state index contributed by atoms with van der Waals surface area (Å²) >= 11 is 1.88. The van der Waals surface area contributed by atoms with Crippen molar-refractivity contribution in [3.8, 4) is 44.5 Å². The van der Waals surface area contributed by atoms with Gasteiger partial charge >= 0.3 is 0 Å². The summed E-state index contributed by atoms with van der Waals surface area (Å²) in [6.07, 6.45) is 0. The molecular formula is C69H51NS. The zero-order valence-electron chi connectivity index (χ0n) is 40.1. The summed E-state index contributed by atoms with van der Waals surface area (Å²) in [4.78, 5) is 2.50. The first kappa shape index (κ1) is 42.8. The summed E-state index contributed by atoms with van der Waals surface area (Å²) in [5.41, 5.74) is 19.1. The van der Waals surface area contributed by atoms with Crippen LogP contribution >= 0.6 is 11.3 Å². The molecule has 0 saturated carbocycles. The quantitative estimate of drug-likeness (QED) is 0.147. The van der Waals surface area contributed by atoms with E-state index in [-0.39, 0.29) is 5.41 Å². The first-order valence-electron chi connectivity index (χ1n) is 24.7. The number of rotatable bonds is 8. The van der Waals surface area contributed by atoms with Gasteiger partial charge in [-0.2, -0.15) is 0 Å². The molecule has 0 fully saturated rings. The van der Waals surface area contributed by atoms with Crippen LogP contribution in [0.2, 0.25) is 0 Å². The van der Waals surface area contributed by atoms with Gasteiger partial charge in [0.05, 0.1) is 11.1 Å². The molecule has 1 nitrogen and oxygen atoms in total. The second kappa shape index (κ2) is 17.0. The van der Waals surface area contributed by atoms with Crippen molar-refractivity contribution in [2.24, 2.45) is 0 Å². The van der Waals surface area contributed by atoms with Gasteiger partial charge in [0.15, 0.2) is 0 Å². The van der Waals surface area contributed by atoms with E-state index in [4.69, 9.17) is 0 Å². The molecule has 1 aromatic heterocycles. The Morgan fingerprint density at radius 2 is 0.958 bits per heavy atom. The lowest BCUT2D eigenvalue weighted by Gasteiger charge is -2.34. The van der Waals surface area contributed by atoms with E-state index in [1.54, 1.807) is 0 Å². The molecule has 0 bridgehead atoms. The molecule has 0 aliphatic heterocycles. The first-order valence-corrected chi connectivity index (χ1v) is 25.6. The number of nitrogens with zero attached hydrogens (tertiary/aromatic N) is 1. The smallest absolute Gasteiger partial charge is 0.0713 e. The molecule has 338 valence electrons. The highest BCUT2D eigenvalue weighted by atomic mass is 32.1. The third-order valence-corrected chi connectivity index (χ3v) is 16.1. The Hall–Kier alpha value is -8.30. The van der Waals surface area contributed by atoms with Crippen LogP contribution in [0.15, 0.2) is 255 Å². The Labute approximate surface area is 420 Å². The first-order chi connectivity index (χ1) is 34.8. The fourth-order valence-electron chi connectivity index (χ4n) is 11.5. The molecular weight excluding hydrogens is 875 g/mol. The molecule has 0 unspecified atom stereocenters. The van der Waals surface area contributed by atoms with Gasteiger partial charge in [-0.3, -0.25) is 0 Å². The van der Waals surface area contributed by atoms with Crippen molar-refractivity contribution in [2.75, 3.05) is 4.90 Å². The van der Waals surface area contributed by atoms with Crippen LogP contribution < -0.4 is 4.90 Å². The highest BCUT2D eigenvalue weighted by Gasteiger charge is 2.46. The van der Waals surface area contributed by atoms with Gasteiger partial charge in [-0.15, -0.1) is 11.3 Å². The van der Waals surface area contributed by atoms with Gasteiger partial charge in [0.25, 0.3) is 0 Å². The van der Waals surface area contributed by atoms with Gasteiger partial charge in [0.2, 0.25) is 0 Å². The Morgan fingerprint density at radius 1 is 0.380 bits per heavy atom. The molecule has 0 N–H and O–H groups in total. The maximum absolute atomic E-state index is 2.50. The maximum Gasteiger partial charge on any atom is 0.0713 e. The summed E-state index contributed by atoms with van der Waals surface area (Å²) in [5, 5.41) is 5.03.